The third kappa shape index (κ3) is 2.77. The smallest absolute Gasteiger partial charge is 0.335 e. The Hall–Kier alpha value is -1.55. The van der Waals surface area contributed by atoms with Crippen LogP contribution in [0.2, 0.25) is 0 Å². The predicted molar refractivity (Wildman–Crippen MR) is 67.2 cm³/mol. The molecule has 0 spiro atoms. The summed E-state index contributed by atoms with van der Waals surface area (Å²) in [5.74, 6) is -0.390. The third-order valence-electron chi connectivity index (χ3n) is 3.42. The molecule has 4 heteroatoms. The highest BCUT2D eigenvalue weighted by molar-refractivity contribution is 5.88. The van der Waals surface area contributed by atoms with Gasteiger partial charge in [-0.1, -0.05) is 12.5 Å². The van der Waals surface area contributed by atoms with Crippen molar-refractivity contribution in [2.24, 2.45) is 11.7 Å². The molecular weight excluding hydrogens is 216 g/mol. The van der Waals surface area contributed by atoms with E-state index in [1.165, 1.54) is 6.42 Å². The van der Waals surface area contributed by atoms with Crippen LogP contribution in [-0.2, 0) is 0 Å². The first-order chi connectivity index (χ1) is 8.20. The maximum atomic E-state index is 10.9. The van der Waals surface area contributed by atoms with E-state index in [1.54, 1.807) is 18.2 Å². The standard InChI is InChI=1S/C13H18N2O2/c14-8-10-4-2-6-12(10)15-11-5-1-3-9(7-11)13(16)17/h1,3,5,7,10,12,15H,2,4,6,8,14H2,(H,16,17). The summed E-state index contributed by atoms with van der Waals surface area (Å²) >= 11 is 0. The molecule has 1 aliphatic rings. The van der Waals surface area contributed by atoms with Crippen molar-refractivity contribution in [2.75, 3.05) is 11.9 Å². The summed E-state index contributed by atoms with van der Waals surface area (Å²) in [6, 6.07) is 7.32. The Bertz CT molecular complexity index is 406. The van der Waals surface area contributed by atoms with E-state index >= 15 is 0 Å². The van der Waals surface area contributed by atoms with Gasteiger partial charge in [0.05, 0.1) is 5.56 Å². The second kappa shape index (κ2) is 5.19. The number of hydrogen-bond donors (Lipinski definition) is 3. The number of carboxylic acids is 1. The van der Waals surface area contributed by atoms with Gasteiger partial charge in [-0.05, 0) is 43.5 Å². The molecule has 1 fully saturated rings. The minimum Gasteiger partial charge on any atom is -0.478 e. The van der Waals surface area contributed by atoms with Crippen LogP contribution >= 0.6 is 0 Å². The largest absolute Gasteiger partial charge is 0.478 e. The first-order valence-electron chi connectivity index (χ1n) is 6.00. The molecule has 2 rings (SSSR count). The predicted octanol–water partition coefficient (Wildman–Crippen LogP) is 1.92. The highest BCUT2D eigenvalue weighted by Gasteiger charge is 2.25. The Labute approximate surface area is 101 Å². The quantitative estimate of drug-likeness (QED) is 0.744. The van der Waals surface area contributed by atoms with Gasteiger partial charge in [0.2, 0.25) is 0 Å². The Morgan fingerprint density at radius 1 is 1.47 bits per heavy atom. The van der Waals surface area contributed by atoms with E-state index in [9.17, 15) is 4.79 Å². The first-order valence-corrected chi connectivity index (χ1v) is 6.00. The number of benzene rings is 1. The fourth-order valence-electron chi connectivity index (χ4n) is 2.47. The van der Waals surface area contributed by atoms with Gasteiger partial charge in [-0.15, -0.1) is 0 Å². The topological polar surface area (TPSA) is 75.3 Å². The lowest BCUT2D eigenvalue weighted by Crippen LogP contribution is -2.29. The maximum Gasteiger partial charge on any atom is 0.335 e. The average molecular weight is 234 g/mol. The number of anilines is 1. The van der Waals surface area contributed by atoms with E-state index in [2.05, 4.69) is 5.32 Å². The molecule has 0 heterocycles. The number of carbonyl (C=O) groups is 1. The molecule has 92 valence electrons. The molecule has 0 saturated heterocycles. The van der Waals surface area contributed by atoms with Gasteiger partial charge >= 0.3 is 5.97 Å². The van der Waals surface area contributed by atoms with Gasteiger partial charge in [0.1, 0.15) is 0 Å². The van der Waals surface area contributed by atoms with Crippen LogP contribution in [-0.4, -0.2) is 23.7 Å². The van der Waals surface area contributed by atoms with Crippen LogP contribution in [0.25, 0.3) is 0 Å². The Balaban J connectivity index is 2.07. The van der Waals surface area contributed by atoms with Crippen molar-refractivity contribution in [1.82, 2.24) is 0 Å². The molecule has 1 aliphatic carbocycles. The van der Waals surface area contributed by atoms with E-state index in [-0.39, 0.29) is 0 Å². The van der Waals surface area contributed by atoms with Gasteiger partial charge in [0.25, 0.3) is 0 Å². The van der Waals surface area contributed by atoms with Crippen molar-refractivity contribution in [1.29, 1.82) is 0 Å². The molecule has 0 radical (unpaired) electrons. The lowest BCUT2D eigenvalue weighted by atomic mass is 10.0. The SMILES string of the molecule is NCC1CCCC1Nc1cccc(C(=O)O)c1. The van der Waals surface area contributed by atoms with Crippen LogP contribution < -0.4 is 11.1 Å². The molecule has 0 aliphatic heterocycles. The molecule has 1 aromatic carbocycles. The summed E-state index contributed by atoms with van der Waals surface area (Å²) in [4.78, 5) is 10.9. The van der Waals surface area contributed by atoms with Crippen LogP contribution in [0.3, 0.4) is 0 Å². The third-order valence-corrected chi connectivity index (χ3v) is 3.42. The van der Waals surface area contributed by atoms with E-state index in [1.807, 2.05) is 6.07 Å². The normalized spacial score (nSPS) is 23.6. The molecule has 2 atom stereocenters. The Morgan fingerprint density at radius 2 is 2.29 bits per heavy atom. The summed E-state index contributed by atoms with van der Waals surface area (Å²) in [6.45, 7) is 0.691. The van der Waals surface area contributed by atoms with Crippen LogP contribution in [0.15, 0.2) is 24.3 Å². The van der Waals surface area contributed by atoms with Gasteiger partial charge in [0, 0.05) is 11.7 Å². The van der Waals surface area contributed by atoms with Crippen molar-refractivity contribution in [3.05, 3.63) is 29.8 Å². The van der Waals surface area contributed by atoms with Crippen LogP contribution in [0.4, 0.5) is 5.69 Å². The zero-order valence-electron chi connectivity index (χ0n) is 9.73. The minimum atomic E-state index is -0.893. The number of nitrogens with two attached hydrogens (primary N) is 1. The van der Waals surface area contributed by atoms with Gasteiger partial charge in [-0.25, -0.2) is 4.79 Å². The van der Waals surface area contributed by atoms with Gasteiger partial charge in [-0.2, -0.15) is 0 Å². The monoisotopic (exact) mass is 234 g/mol. The Kier molecular flexibility index (Phi) is 3.64. The zero-order chi connectivity index (χ0) is 12.3. The molecule has 4 N–H and O–H groups in total. The molecule has 4 nitrogen and oxygen atoms in total. The summed E-state index contributed by atoms with van der Waals surface area (Å²) in [5, 5.41) is 12.3. The number of hydrogen-bond acceptors (Lipinski definition) is 3. The number of nitrogens with one attached hydrogen (secondary N) is 1. The summed E-state index contributed by atoms with van der Waals surface area (Å²) in [5.41, 5.74) is 6.91. The number of rotatable bonds is 4. The van der Waals surface area contributed by atoms with Gasteiger partial charge in [0.15, 0.2) is 0 Å². The highest BCUT2D eigenvalue weighted by atomic mass is 16.4. The molecule has 0 aromatic heterocycles. The van der Waals surface area contributed by atoms with E-state index in [0.29, 0.717) is 24.1 Å². The van der Waals surface area contributed by atoms with Crippen molar-refractivity contribution in [3.8, 4) is 0 Å². The molecule has 2 unspecified atom stereocenters. The highest BCUT2D eigenvalue weighted by Crippen LogP contribution is 2.27. The average Bonchev–Trinajstić information content (AvgIpc) is 2.76. The lowest BCUT2D eigenvalue weighted by molar-refractivity contribution is 0.0697. The van der Waals surface area contributed by atoms with Gasteiger partial charge < -0.3 is 16.2 Å². The first kappa shape index (κ1) is 11.9. The Morgan fingerprint density at radius 3 is 3.00 bits per heavy atom. The molecule has 0 amide bonds. The van der Waals surface area contributed by atoms with E-state index in [0.717, 1.165) is 18.5 Å². The summed E-state index contributed by atoms with van der Waals surface area (Å²) in [6.07, 6.45) is 3.46. The van der Waals surface area contributed by atoms with Crippen LogP contribution in [0.1, 0.15) is 29.6 Å². The second-order valence-electron chi connectivity index (χ2n) is 4.56. The molecule has 0 bridgehead atoms. The lowest BCUT2D eigenvalue weighted by Gasteiger charge is -2.20. The van der Waals surface area contributed by atoms with Crippen LogP contribution in [0.5, 0.6) is 0 Å². The fraction of sp³-hybridized carbons (Fsp3) is 0.462. The van der Waals surface area contributed by atoms with E-state index in [4.69, 9.17) is 10.8 Å². The van der Waals surface area contributed by atoms with Crippen molar-refractivity contribution < 1.29 is 9.90 Å². The number of aromatic carboxylic acids is 1. The number of carboxylic acid groups (broad SMARTS) is 1. The van der Waals surface area contributed by atoms with Gasteiger partial charge in [-0.3, -0.25) is 0 Å². The molecule has 1 aromatic rings. The molecule has 17 heavy (non-hydrogen) atoms. The van der Waals surface area contributed by atoms with E-state index < -0.39 is 5.97 Å². The summed E-state index contributed by atoms with van der Waals surface area (Å²) < 4.78 is 0. The van der Waals surface area contributed by atoms with Crippen LogP contribution in [0, 0.1) is 5.92 Å². The molecular formula is C13H18N2O2. The molecule has 1 saturated carbocycles. The maximum absolute atomic E-state index is 10.9. The van der Waals surface area contributed by atoms with Crippen molar-refractivity contribution in [2.45, 2.75) is 25.3 Å². The van der Waals surface area contributed by atoms with Crippen molar-refractivity contribution in [3.63, 3.8) is 0 Å². The second-order valence-corrected chi connectivity index (χ2v) is 4.56. The zero-order valence-corrected chi connectivity index (χ0v) is 9.73. The van der Waals surface area contributed by atoms with Crippen molar-refractivity contribution >= 4 is 11.7 Å². The summed E-state index contributed by atoms with van der Waals surface area (Å²) in [7, 11) is 0. The minimum absolute atomic E-state index is 0.317. The fourth-order valence-corrected chi connectivity index (χ4v) is 2.47.